The molecular formula is C13H14FNO4. The van der Waals surface area contributed by atoms with Crippen molar-refractivity contribution in [1.29, 1.82) is 0 Å². The number of carbonyl (C=O) groups is 1. The molecule has 5 nitrogen and oxygen atoms in total. The number of ketones is 1. The first-order chi connectivity index (χ1) is 9.08. The monoisotopic (exact) mass is 267 g/mol. The molecule has 0 spiro atoms. The van der Waals surface area contributed by atoms with Crippen LogP contribution in [0.4, 0.5) is 10.1 Å². The molecular weight excluding hydrogens is 253 g/mol. The lowest BCUT2D eigenvalue weighted by Crippen LogP contribution is -2.11. The predicted octanol–water partition coefficient (Wildman–Crippen LogP) is 2.87. The molecule has 1 fully saturated rings. The van der Waals surface area contributed by atoms with E-state index in [1.165, 1.54) is 6.07 Å². The number of nitrogens with zero attached hydrogens (tertiary/aromatic N) is 1. The molecule has 1 aromatic carbocycles. The van der Waals surface area contributed by atoms with Gasteiger partial charge in [0, 0.05) is 12.3 Å². The quantitative estimate of drug-likeness (QED) is 0.607. The summed E-state index contributed by atoms with van der Waals surface area (Å²) in [4.78, 5) is 21.5. The van der Waals surface area contributed by atoms with E-state index >= 15 is 0 Å². The van der Waals surface area contributed by atoms with Crippen molar-refractivity contribution in [2.24, 2.45) is 5.92 Å². The first kappa shape index (κ1) is 13.5. The summed E-state index contributed by atoms with van der Waals surface area (Å²) in [6, 6.07) is 3.18. The van der Waals surface area contributed by atoms with E-state index in [1.54, 1.807) is 0 Å². The SMILES string of the molecule is O=C1CCCC1CCOc1ccc(F)cc1[N+](=O)[O-]. The number of hydrogen-bond donors (Lipinski definition) is 0. The molecule has 2 rings (SSSR count). The summed E-state index contributed by atoms with van der Waals surface area (Å²) < 4.78 is 18.2. The maximum Gasteiger partial charge on any atom is 0.313 e. The highest BCUT2D eigenvalue weighted by atomic mass is 19.1. The second kappa shape index (κ2) is 5.77. The smallest absolute Gasteiger partial charge is 0.313 e. The Bertz CT molecular complexity index is 503. The van der Waals surface area contributed by atoms with Crippen LogP contribution in [-0.2, 0) is 4.79 Å². The van der Waals surface area contributed by atoms with Gasteiger partial charge in [0.05, 0.1) is 17.6 Å². The molecule has 0 bridgehead atoms. The average Bonchev–Trinajstić information content (AvgIpc) is 2.77. The van der Waals surface area contributed by atoms with Crippen LogP contribution in [0.3, 0.4) is 0 Å². The molecule has 1 atom stereocenters. The Morgan fingerprint density at radius 2 is 2.26 bits per heavy atom. The molecule has 0 heterocycles. The van der Waals surface area contributed by atoms with Gasteiger partial charge in [-0.25, -0.2) is 4.39 Å². The summed E-state index contributed by atoms with van der Waals surface area (Å²) >= 11 is 0. The zero-order chi connectivity index (χ0) is 13.8. The summed E-state index contributed by atoms with van der Waals surface area (Å²) in [5.41, 5.74) is -0.391. The Hall–Kier alpha value is -1.98. The highest BCUT2D eigenvalue weighted by Gasteiger charge is 2.24. The lowest BCUT2D eigenvalue weighted by Gasteiger charge is -2.09. The van der Waals surface area contributed by atoms with Gasteiger partial charge in [-0.2, -0.15) is 0 Å². The predicted molar refractivity (Wildman–Crippen MR) is 65.5 cm³/mol. The Kier molecular flexibility index (Phi) is 4.09. The fourth-order valence-electron chi connectivity index (χ4n) is 2.26. The van der Waals surface area contributed by atoms with E-state index in [0.717, 1.165) is 25.0 Å². The molecule has 19 heavy (non-hydrogen) atoms. The minimum Gasteiger partial charge on any atom is -0.487 e. The normalized spacial score (nSPS) is 18.6. The molecule has 0 aliphatic heterocycles. The Balaban J connectivity index is 1.95. The number of hydrogen-bond acceptors (Lipinski definition) is 4. The molecule has 6 heteroatoms. The molecule has 0 radical (unpaired) electrons. The highest BCUT2D eigenvalue weighted by Crippen LogP contribution is 2.29. The van der Waals surface area contributed by atoms with Gasteiger partial charge in [-0.05, 0) is 31.4 Å². The van der Waals surface area contributed by atoms with E-state index in [4.69, 9.17) is 4.74 Å². The van der Waals surface area contributed by atoms with Gasteiger partial charge in [-0.3, -0.25) is 14.9 Å². The standard InChI is InChI=1S/C13H14FNO4/c14-10-4-5-13(11(8-10)15(17)18)19-7-6-9-2-1-3-12(9)16/h4-5,8-9H,1-3,6-7H2. The van der Waals surface area contributed by atoms with E-state index < -0.39 is 16.4 Å². The van der Waals surface area contributed by atoms with Crippen molar-refractivity contribution < 1.29 is 18.8 Å². The van der Waals surface area contributed by atoms with Gasteiger partial charge in [0.1, 0.15) is 11.6 Å². The maximum absolute atomic E-state index is 12.9. The van der Waals surface area contributed by atoms with Gasteiger partial charge in [-0.1, -0.05) is 0 Å². The van der Waals surface area contributed by atoms with Crippen LogP contribution >= 0.6 is 0 Å². The third kappa shape index (κ3) is 3.27. The van der Waals surface area contributed by atoms with Crippen molar-refractivity contribution in [3.05, 3.63) is 34.1 Å². The Morgan fingerprint density at radius 3 is 2.89 bits per heavy atom. The van der Waals surface area contributed by atoms with Gasteiger partial charge in [0.25, 0.3) is 0 Å². The summed E-state index contributed by atoms with van der Waals surface area (Å²) in [5.74, 6) is -0.404. The molecule has 0 aromatic heterocycles. The van der Waals surface area contributed by atoms with Gasteiger partial charge >= 0.3 is 5.69 Å². The number of nitro groups is 1. The first-order valence-corrected chi connectivity index (χ1v) is 6.17. The summed E-state index contributed by atoms with van der Waals surface area (Å²) in [7, 11) is 0. The van der Waals surface area contributed by atoms with Crippen LogP contribution in [0.1, 0.15) is 25.7 Å². The lowest BCUT2D eigenvalue weighted by molar-refractivity contribution is -0.386. The highest BCUT2D eigenvalue weighted by molar-refractivity contribution is 5.82. The molecule has 0 amide bonds. The van der Waals surface area contributed by atoms with Gasteiger partial charge < -0.3 is 4.74 Å². The van der Waals surface area contributed by atoms with E-state index in [1.807, 2.05) is 0 Å². The fourth-order valence-corrected chi connectivity index (χ4v) is 2.26. The summed E-state index contributed by atoms with van der Waals surface area (Å²) in [6.45, 7) is 0.225. The number of carbonyl (C=O) groups excluding carboxylic acids is 1. The lowest BCUT2D eigenvalue weighted by atomic mass is 10.0. The van der Waals surface area contributed by atoms with Crippen molar-refractivity contribution in [2.75, 3.05) is 6.61 Å². The van der Waals surface area contributed by atoms with Crippen molar-refractivity contribution in [2.45, 2.75) is 25.7 Å². The maximum atomic E-state index is 12.9. The van der Waals surface area contributed by atoms with Crippen LogP contribution in [0.5, 0.6) is 5.75 Å². The fraction of sp³-hybridized carbons (Fsp3) is 0.462. The Morgan fingerprint density at radius 1 is 1.47 bits per heavy atom. The van der Waals surface area contributed by atoms with Crippen molar-refractivity contribution in [3.8, 4) is 5.75 Å². The second-order valence-corrected chi connectivity index (χ2v) is 4.56. The summed E-state index contributed by atoms with van der Waals surface area (Å²) in [6.07, 6.45) is 2.92. The molecule has 1 unspecified atom stereocenters. The number of Topliss-reactive ketones (excluding diaryl/α,β-unsaturated/α-hetero) is 1. The van der Waals surface area contributed by atoms with Crippen LogP contribution in [0, 0.1) is 21.8 Å². The third-order valence-corrected chi connectivity index (χ3v) is 3.27. The molecule has 0 saturated heterocycles. The van der Waals surface area contributed by atoms with E-state index in [2.05, 4.69) is 0 Å². The van der Waals surface area contributed by atoms with Gasteiger partial charge in [0.15, 0.2) is 5.75 Å². The first-order valence-electron chi connectivity index (χ1n) is 6.17. The van der Waals surface area contributed by atoms with Crippen molar-refractivity contribution in [3.63, 3.8) is 0 Å². The molecule has 1 aromatic rings. The Labute approximate surface area is 109 Å². The number of rotatable bonds is 5. The second-order valence-electron chi connectivity index (χ2n) is 4.56. The zero-order valence-corrected chi connectivity index (χ0v) is 10.3. The van der Waals surface area contributed by atoms with Crippen LogP contribution < -0.4 is 4.74 Å². The number of halogens is 1. The van der Waals surface area contributed by atoms with Crippen molar-refractivity contribution in [1.82, 2.24) is 0 Å². The largest absolute Gasteiger partial charge is 0.487 e. The van der Waals surface area contributed by atoms with E-state index in [0.29, 0.717) is 12.8 Å². The van der Waals surface area contributed by atoms with Crippen LogP contribution in [0.15, 0.2) is 18.2 Å². The zero-order valence-electron chi connectivity index (χ0n) is 10.3. The van der Waals surface area contributed by atoms with Gasteiger partial charge in [-0.15, -0.1) is 0 Å². The number of benzene rings is 1. The van der Waals surface area contributed by atoms with E-state index in [9.17, 15) is 19.3 Å². The topological polar surface area (TPSA) is 69.4 Å². The minimum atomic E-state index is -0.681. The van der Waals surface area contributed by atoms with Gasteiger partial charge in [0.2, 0.25) is 0 Å². The van der Waals surface area contributed by atoms with Crippen LogP contribution in [-0.4, -0.2) is 17.3 Å². The van der Waals surface area contributed by atoms with Crippen molar-refractivity contribution >= 4 is 11.5 Å². The number of ether oxygens (including phenoxy) is 1. The molecule has 1 aliphatic carbocycles. The summed E-state index contributed by atoms with van der Waals surface area (Å²) in [5, 5.41) is 10.8. The molecule has 1 saturated carbocycles. The number of nitro benzene ring substituents is 1. The average molecular weight is 267 g/mol. The molecule has 1 aliphatic rings. The van der Waals surface area contributed by atoms with Crippen LogP contribution in [0.25, 0.3) is 0 Å². The third-order valence-electron chi connectivity index (χ3n) is 3.27. The van der Waals surface area contributed by atoms with E-state index in [-0.39, 0.29) is 24.1 Å². The molecule has 102 valence electrons. The minimum absolute atomic E-state index is 0.000459. The van der Waals surface area contributed by atoms with Crippen LogP contribution in [0.2, 0.25) is 0 Å². The molecule has 0 N–H and O–H groups in total.